The van der Waals surface area contributed by atoms with Gasteiger partial charge in [0.05, 0.1) is 0 Å². The molecule has 2 aromatic carbocycles. The number of carboxylic acid groups (broad SMARTS) is 1. The van der Waals surface area contributed by atoms with Gasteiger partial charge in [-0.25, -0.2) is 0 Å². The van der Waals surface area contributed by atoms with Gasteiger partial charge in [0.25, 0.3) is 0 Å². The Morgan fingerprint density at radius 1 is 1.24 bits per heavy atom. The predicted octanol–water partition coefficient (Wildman–Crippen LogP) is 4.28. The maximum atomic E-state index is 11.4. The molecule has 0 amide bonds. The molecule has 4 heteroatoms. The van der Waals surface area contributed by atoms with E-state index in [1.165, 1.54) is 0 Å². The normalized spacial score (nSPS) is 11.9. The van der Waals surface area contributed by atoms with Gasteiger partial charge in [0.1, 0.15) is 0 Å². The fraction of sp³-hybridized carbons (Fsp3) is 0.235. The Kier molecular flexibility index (Phi) is 5.67. The molecule has 2 rings (SSSR count). The van der Waals surface area contributed by atoms with Crippen molar-refractivity contribution in [3.05, 3.63) is 59.7 Å². The first kappa shape index (κ1) is 15.9. The summed E-state index contributed by atoms with van der Waals surface area (Å²) >= 11 is 0.000909. The van der Waals surface area contributed by atoms with Gasteiger partial charge in [0.15, 0.2) is 0 Å². The van der Waals surface area contributed by atoms with E-state index >= 15 is 0 Å². The summed E-state index contributed by atoms with van der Waals surface area (Å²) in [4.78, 5) is 13.7. The third kappa shape index (κ3) is 4.49. The molecule has 0 aliphatic rings. The van der Waals surface area contributed by atoms with Gasteiger partial charge in [-0.3, -0.25) is 0 Å². The Hall–Kier alpha value is -1.50. The van der Waals surface area contributed by atoms with E-state index in [0.717, 1.165) is 12.0 Å². The minimum absolute atomic E-state index is 0.000909. The molecule has 0 bridgehead atoms. The van der Waals surface area contributed by atoms with Crippen molar-refractivity contribution in [2.24, 2.45) is 0 Å². The van der Waals surface area contributed by atoms with Crippen LogP contribution in [0.15, 0.2) is 48.5 Å². The minimum atomic E-state index is -0.955. The van der Waals surface area contributed by atoms with Crippen LogP contribution in [0.3, 0.4) is 0 Å². The van der Waals surface area contributed by atoms with E-state index in [4.69, 9.17) is 4.74 Å². The number of rotatable bonds is 6. The summed E-state index contributed by atoms with van der Waals surface area (Å²) in [6.45, 7) is 2.22. The van der Waals surface area contributed by atoms with Gasteiger partial charge >= 0.3 is 135 Å². The zero-order chi connectivity index (χ0) is 15.2. The van der Waals surface area contributed by atoms with Crippen LogP contribution in [0.2, 0.25) is 8.94 Å². The summed E-state index contributed by atoms with van der Waals surface area (Å²) in [5.41, 5.74) is 1.28. The first-order valence-electron chi connectivity index (χ1n) is 6.72. The fourth-order valence-electron chi connectivity index (χ4n) is 1.99. The zero-order valence-electron chi connectivity index (χ0n) is 12.1. The van der Waals surface area contributed by atoms with Crippen molar-refractivity contribution in [2.75, 3.05) is 0 Å². The van der Waals surface area contributed by atoms with Crippen molar-refractivity contribution in [2.45, 2.75) is 22.3 Å². The molecular formula is C17H18O3Te. The number of ether oxygens (including phenoxy) is 1. The summed E-state index contributed by atoms with van der Waals surface area (Å²) in [7, 11) is 0. The van der Waals surface area contributed by atoms with Gasteiger partial charge in [-0.15, -0.1) is 0 Å². The molecule has 0 fully saturated rings. The molecule has 1 atom stereocenters. The molecule has 0 aliphatic carbocycles. The van der Waals surface area contributed by atoms with Crippen molar-refractivity contribution in [1.82, 2.24) is 0 Å². The topological polar surface area (TPSA) is 46.5 Å². The van der Waals surface area contributed by atoms with Gasteiger partial charge in [0.2, 0.25) is 0 Å². The van der Waals surface area contributed by atoms with Gasteiger partial charge in [-0.1, -0.05) is 0 Å². The van der Waals surface area contributed by atoms with Crippen LogP contribution in [0.1, 0.15) is 22.8 Å². The van der Waals surface area contributed by atoms with Gasteiger partial charge in [-0.05, 0) is 0 Å². The second-order valence-electron chi connectivity index (χ2n) is 4.80. The number of benzene rings is 2. The summed E-state index contributed by atoms with van der Waals surface area (Å²) in [6.07, 6.45) is 0.935. The fourth-order valence-corrected chi connectivity index (χ4v) is 3.02. The van der Waals surface area contributed by atoms with Crippen molar-refractivity contribution >= 4 is 26.9 Å². The molecule has 1 N–H and O–H groups in total. The van der Waals surface area contributed by atoms with Gasteiger partial charge < -0.3 is 0 Å². The van der Waals surface area contributed by atoms with Crippen molar-refractivity contribution in [1.29, 1.82) is 0 Å². The van der Waals surface area contributed by atoms with Crippen LogP contribution < -0.4 is 4.74 Å². The molecule has 0 saturated carbocycles. The predicted molar refractivity (Wildman–Crippen MR) is 84.7 cm³/mol. The molecule has 0 spiro atoms. The molecule has 0 saturated heterocycles. The Morgan fingerprint density at radius 3 is 2.57 bits per heavy atom. The third-order valence-corrected chi connectivity index (χ3v) is 5.94. The third-order valence-electron chi connectivity index (χ3n) is 3.17. The zero-order valence-corrected chi connectivity index (χ0v) is 14.4. The van der Waals surface area contributed by atoms with Crippen molar-refractivity contribution in [3.63, 3.8) is 0 Å². The van der Waals surface area contributed by atoms with Crippen molar-refractivity contribution in [3.8, 4) is 11.5 Å². The molecule has 1 unspecified atom stereocenters. The summed E-state index contributed by atoms with van der Waals surface area (Å²) in [5.74, 6) is 0.0723. The molecule has 21 heavy (non-hydrogen) atoms. The number of hydrogen-bond acceptors (Lipinski definition) is 2. The summed E-state index contributed by atoms with van der Waals surface area (Å²) in [5, 5.41) is 9.39. The molecule has 0 aromatic heterocycles. The van der Waals surface area contributed by atoms with Gasteiger partial charge in [-0.2, -0.15) is 0 Å². The van der Waals surface area contributed by atoms with E-state index < -0.39 is 5.97 Å². The number of aromatic carboxylic acids is 1. The number of carboxylic acids is 1. The Labute approximate surface area is 135 Å². The number of carbonyl (C=O) groups is 1. The van der Waals surface area contributed by atoms with Crippen LogP contribution in [-0.2, 0) is 6.42 Å². The average Bonchev–Trinajstić information content (AvgIpc) is 2.49. The second kappa shape index (κ2) is 7.49. The first-order chi connectivity index (χ1) is 10.1. The molecule has 2 aromatic rings. The van der Waals surface area contributed by atoms with Crippen LogP contribution in [0, 0.1) is 0 Å². The Bertz CT molecular complexity index is 611. The SMILES string of the molecule is C[Te]C(C)Cc1ccc(Oc2ccccc2)c(C(=O)O)c1. The quantitative estimate of drug-likeness (QED) is 0.740. The van der Waals surface area contributed by atoms with E-state index in [1.807, 2.05) is 36.4 Å². The van der Waals surface area contributed by atoms with E-state index in [0.29, 0.717) is 15.5 Å². The van der Waals surface area contributed by atoms with Crippen molar-refractivity contribution < 1.29 is 14.6 Å². The van der Waals surface area contributed by atoms with Crippen LogP contribution >= 0.6 is 0 Å². The number of para-hydroxylation sites is 1. The summed E-state index contributed by atoms with van der Waals surface area (Å²) in [6, 6.07) is 14.7. The van der Waals surface area contributed by atoms with Crippen LogP contribution in [0.5, 0.6) is 11.5 Å². The second-order valence-corrected chi connectivity index (χ2v) is 8.44. The standard InChI is InChI=1S/C17H18O3Te/c1-12(21-2)10-13-8-9-16(15(11-13)17(18)19)20-14-6-4-3-5-7-14/h3-9,11-12H,10H2,1-2H3,(H,18,19). The molecule has 0 aliphatic heterocycles. The van der Waals surface area contributed by atoms with E-state index in [9.17, 15) is 9.90 Å². The van der Waals surface area contributed by atoms with Gasteiger partial charge in [0, 0.05) is 0 Å². The Balaban J connectivity index is 2.27. The Morgan fingerprint density at radius 2 is 1.95 bits per heavy atom. The molecular weight excluding hydrogens is 380 g/mol. The summed E-state index contributed by atoms with van der Waals surface area (Å²) < 4.78 is 6.35. The van der Waals surface area contributed by atoms with E-state index in [-0.39, 0.29) is 26.5 Å². The number of hydrogen-bond donors (Lipinski definition) is 1. The molecule has 110 valence electrons. The average molecular weight is 398 g/mol. The van der Waals surface area contributed by atoms with Crippen LogP contribution in [0.4, 0.5) is 0 Å². The first-order valence-corrected chi connectivity index (χ1v) is 10.4. The van der Waals surface area contributed by atoms with Crippen LogP contribution in [0.25, 0.3) is 0 Å². The van der Waals surface area contributed by atoms with E-state index in [2.05, 4.69) is 11.9 Å². The molecule has 0 radical (unpaired) electrons. The monoisotopic (exact) mass is 400 g/mol. The van der Waals surface area contributed by atoms with E-state index in [1.54, 1.807) is 12.1 Å². The van der Waals surface area contributed by atoms with Crippen LogP contribution in [-0.4, -0.2) is 32.0 Å². The molecule has 0 heterocycles. The molecule has 3 nitrogen and oxygen atoms in total. The maximum absolute atomic E-state index is 11.4.